The molecule has 0 bridgehead atoms. The van der Waals surface area contributed by atoms with E-state index in [9.17, 15) is 23.3 Å². The van der Waals surface area contributed by atoms with E-state index < -0.39 is 26.6 Å². The number of hydrogen-bond donors (Lipinski definition) is 1. The summed E-state index contributed by atoms with van der Waals surface area (Å²) in [5.41, 5.74) is 1.10. The van der Waals surface area contributed by atoms with Gasteiger partial charge in [-0.3, -0.25) is 14.9 Å². The summed E-state index contributed by atoms with van der Waals surface area (Å²) in [7, 11) is -4.06. The molecular weight excluding hydrogens is 584 g/mol. The summed E-state index contributed by atoms with van der Waals surface area (Å²) in [5.74, 6) is -1.40. The van der Waals surface area contributed by atoms with Crippen molar-refractivity contribution in [3.05, 3.63) is 96.4 Å². The van der Waals surface area contributed by atoms with Crippen LogP contribution in [0.15, 0.2) is 79.4 Å². The van der Waals surface area contributed by atoms with Crippen LogP contribution < -0.4 is 4.72 Å². The van der Waals surface area contributed by atoms with E-state index in [4.69, 9.17) is 0 Å². The zero-order valence-corrected chi connectivity index (χ0v) is 21.3. The van der Waals surface area contributed by atoms with Crippen molar-refractivity contribution in [1.82, 2.24) is 4.72 Å². The number of nitrogens with zero attached hydrogens (tertiary/aromatic N) is 1. The van der Waals surface area contributed by atoms with Crippen LogP contribution in [0.25, 0.3) is 0 Å². The van der Waals surface area contributed by atoms with E-state index in [-0.39, 0.29) is 11.3 Å². The molecule has 0 radical (unpaired) electrons. The van der Waals surface area contributed by atoms with Crippen molar-refractivity contribution in [2.24, 2.45) is 0 Å². The predicted molar refractivity (Wildman–Crippen MR) is 130 cm³/mol. The van der Waals surface area contributed by atoms with Crippen molar-refractivity contribution in [1.29, 1.82) is 0 Å². The molecule has 0 aliphatic rings. The third-order valence-corrected chi connectivity index (χ3v) is 8.03. The number of hydrogen-bond acceptors (Lipinski definition) is 6. The molecule has 0 saturated heterocycles. The van der Waals surface area contributed by atoms with Gasteiger partial charge >= 0.3 is 0 Å². The third-order valence-electron chi connectivity index (χ3n) is 4.31. The number of nitrogens with one attached hydrogen (secondary N) is 1. The predicted octanol–water partition coefficient (Wildman–Crippen LogP) is 5.84. The van der Waals surface area contributed by atoms with Crippen molar-refractivity contribution < 1.29 is 18.1 Å². The summed E-state index contributed by atoms with van der Waals surface area (Å²) in [5, 5.41) is 11.6. The second-order valence-corrected chi connectivity index (χ2v) is 11.3. The van der Waals surface area contributed by atoms with Crippen molar-refractivity contribution in [3.8, 4) is 0 Å². The number of nitro groups is 1. The Kier molecular flexibility index (Phi) is 7.75. The number of nitro benzene ring substituents is 1. The van der Waals surface area contributed by atoms with Gasteiger partial charge in [0.05, 0.1) is 15.6 Å². The molecule has 1 amide bonds. The molecule has 0 atom stereocenters. The van der Waals surface area contributed by atoms with Crippen LogP contribution in [0.3, 0.4) is 0 Å². The van der Waals surface area contributed by atoms with Crippen LogP contribution in [0.1, 0.15) is 21.5 Å². The molecule has 32 heavy (non-hydrogen) atoms. The first-order chi connectivity index (χ1) is 15.1. The first-order valence-corrected chi connectivity index (χ1v) is 13.1. The number of carbonyl (C=O) groups excluding carboxylic acids is 1. The Bertz CT molecular complexity index is 1280. The Hall–Kier alpha value is -2.21. The van der Waals surface area contributed by atoms with Crippen LogP contribution in [0, 0.1) is 17.0 Å². The van der Waals surface area contributed by atoms with Gasteiger partial charge in [-0.15, -0.1) is 0 Å². The SMILES string of the molecule is Cc1ccc(Sc2ccc(C(=O)NS(=O)(=O)Cc3c(Br)cccc3Br)cc2[N+](=O)[O-])cc1. The second kappa shape index (κ2) is 10.2. The molecule has 0 heterocycles. The van der Waals surface area contributed by atoms with E-state index in [1.807, 2.05) is 35.9 Å². The summed E-state index contributed by atoms with van der Waals surface area (Å²) in [4.78, 5) is 24.7. The zero-order valence-electron chi connectivity index (χ0n) is 16.5. The minimum Gasteiger partial charge on any atom is -0.268 e. The van der Waals surface area contributed by atoms with Gasteiger partial charge in [0.1, 0.15) is 0 Å². The average Bonchev–Trinajstić information content (AvgIpc) is 2.72. The van der Waals surface area contributed by atoms with Gasteiger partial charge in [-0.2, -0.15) is 0 Å². The van der Waals surface area contributed by atoms with Crippen LogP contribution in [-0.2, 0) is 15.8 Å². The van der Waals surface area contributed by atoms with E-state index in [2.05, 4.69) is 31.9 Å². The number of benzene rings is 3. The van der Waals surface area contributed by atoms with Gasteiger partial charge in [-0.25, -0.2) is 13.1 Å². The fourth-order valence-corrected chi connectivity index (χ4v) is 6.43. The van der Waals surface area contributed by atoms with Gasteiger partial charge in [-0.05, 0) is 48.9 Å². The van der Waals surface area contributed by atoms with Crippen LogP contribution in [0.2, 0.25) is 0 Å². The molecule has 0 saturated carbocycles. The molecule has 0 aromatic heterocycles. The van der Waals surface area contributed by atoms with Crippen molar-refractivity contribution in [3.63, 3.8) is 0 Å². The Labute approximate surface area is 206 Å². The molecule has 0 aliphatic heterocycles. The van der Waals surface area contributed by atoms with E-state index in [1.54, 1.807) is 18.2 Å². The normalized spacial score (nSPS) is 11.2. The lowest BCUT2D eigenvalue weighted by molar-refractivity contribution is -0.387. The maximum atomic E-state index is 12.6. The van der Waals surface area contributed by atoms with Crippen molar-refractivity contribution in [2.45, 2.75) is 22.5 Å². The monoisotopic (exact) mass is 598 g/mol. The molecule has 0 unspecified atom stereocenters. The van der Waals surface area contributed by atoms with E-state index in [0.717, 1.165) is 16.5 Å². The van der Waals surface area contributed by atoms with Crippen LogP contribution in [0.5, 0.6) is 0 Å². The highest BCUT2D eigenvalue weighted by molar-refractivity contribution is 9.11. The Morgan fingerprint density at radius 2 is 1.69 bits per heavy atom. The molecule has 0 aliphatic carbocycles. The van der Waals surface area contributed by atoms with Gasteiger partial charge in [0.25, 0.3) is 11.6 Å². The smallest absolute Gasteiger partial charge is 0.268 e. The Morgan fingerprint density at radius 1 is 1.06 bits per heavy atom. The molecule has 3 aromatic carbocycles. The maximum absolute atomic E-state index is 12.6. The summed E-state index contributed by atoms with van der Waals surface area (Å²) < 4.78 is 28.2. The van der Waals surface area contributed by atoms with Crippen LogP contribution in [-0.4, -0.2) is 19.2 Å². The average molecular weight is 600 g/mol. The molecular formula is C21H16Br2N2O5S2. The van der Waals surface area contributed by atoms with E-state index in [0.29, 0.717) is 19.4 Å². The number of rotatable bonds is 7. The highest BCUT2D eigenvalue weighted by atomic mass is 79.9. The number of halogens is 2. The summed E-state index contributed by atoms with van der Waals surface area (Å²) in [6, 6.07) is 16.5. The van der Waals surface area contributed by atoms with Gasteiger partial charge in [0.15, 0.2) is 0 Å². The second-order valence-electron chi connectivity index (χ2n) is 6.75. The van der Waals surface area contributed by atoms with Gasteiger partial charge < -0.3 is 0 Å². The lowest BCUT2D eigenvalue weighted by Gasteiger charge is -2.10. The Balaban J connectivity index is 1.82. The number of sulfonamides is 1. The zero-order chi connectivity index (χ0) is 23.5. The van der Waals surface area contributed by atoms with E-state index >= 15 is 0 Å². The minimum atomic E-state index is -4.06. The number of amides is 1. The van der Waals surface area contributed by atoms with Crippen LogP contribution in [0.4, 0.5) is 5.69 Å². The highest BCUT2D eigenvalue weighted by Gasteiger charge is 2.23. The van der Waals surface area contributed by atoms with Gasteiger partial charge in [-0.1, -0.05) is 67.4 Å². The fourth-order valence-electron chi connectivity index (χ4n) is 2.72. The van der Waals surface area contributed by atoms with Crippen molar-refractivity contribution in [2.75, 3.05) is 0 Å². The molecule has 0 fully saturated rings. The molecule has 166 valence electrons. The first-order valence-electron chi connectivity index (χ1n) is 9.06. The Morgan fingerprint density at radius 3 is 2.28 bits per heavy atom. The van der Waals surface area contributed by atoms with Gasteiger partial charge in [0.2, 0.25) is 10.0 Å². The quantitative estimate of drug-likeness (QED) is 0.270. The van der Waals surface area contributed by atoms with Crippen molar-refractivity contribution >= 4 is 65.2 Å². The highest BCUT2D eigenvalue weighted by Crippen LogP contribution is 2.35. The topological polar surface area (TPSA) is 106 Å². The van der Waals surface area contributed by atoms with E-state index in [1.165, 1.54) is 23.9 Å². The molecule has 1 N–H and O–H groups in total. The standard InChI is InChI=1S/C21H16Br2N2O5S2/c1-13-5-8-15(9-6-13)31-20-10-7-14(11-19(20)25(27)28)21(26)24-32(29,30)12-16-17(22)3-2-4-18(16)23/h2-11H,12H2,1H3,(H,24,26). The lowest BCUT2D eigenvalue weighted by Crippen LogP contribution is -2.31. The molecule has 3 aromatic rings. The van der Waals surface area contributed by atoms with Gasteiger partial charge in [0, 0.05) is 25.5 Å². The molecule has 11 heteroatoms. The number of aryl methyl sites for hydroxylation is 1. The molecule has 3 rings (SSSR count). The maximum Gasteiger partial charge on any atom is 0.284 e. The summed E-state index contributed by atoms with van der Waals surface area (Å²) >= 11 is 7.77. The summed E-state index contributed by atoms with van der Waals surface area (Å²) in [6.45, 7) is 1.94. The molecule has 0 spiro atoms. The molecule has 7 nitrogen and oxygen atoms in total. The summed E-state index contributed by atoms with van der Waals surface area (Å²) in [6.07, 6.45) is 0. The first kappa shape index (κ1) is 24.4. The lowest BCUT2D eigenvalue weighted by atomic mass is 10.2. The minimum absolute atomic E-state index is 0.125. The van der Waals surface area contributed by atoms with Crippen LogP contribution >= 0.6 is 43.6 Å². The fraction of sp³-hybridized carbons (Fsp3) is 0.0952. The largest absolute Gasteiger partial charge is 0.284 e. The number of carbonyl (C=O) groups is 1. The third kappa shape index (κ3) is 6.18.